The third kappa shape index (κ3) is 7.35. The molecule has 1 N–H and O–H groups in total. The Hall–Kier alpha value is -2.21. The Kier molecular flexibility index (Phi) is 8.28. The maximum Gasteiger partial charge on any atom is 0.232 e. The van der Waals surface area contributed by atoms with Crippen LogP contribution in [0, 0.1) is 5.82 Å². The van der Waals surface area contributed by atoms with Gasteiger partial charge in [0.25, 0.3) is 0 Å². The second-order valence-electron chi connectivity index (χ2n) is 6.06. The van der Waals surface area contributed by atoms with Crippen LogP contribution in [-0.2, 0) is 22.0 Å². The van der Waals surface area contributed by atoms with Crippen LogP contribution in [0.25, 0.3) is 0 Å². The van der Waals surface area contributed by atoms with E-state index in [1.54, 1.807) is 12.1 Å². The number of hydrogen-bond acceptors (Lipinski definition) is 3. The summed E-state index contributed by atoms with van der Waals surface area (Å²) in [4.78, 5) is 12.0. The Morgan fingerprint density at radius 1 is 1.15 bits per heavy atom. The summed E-state index contributed by atoms with van der Waals surface area (Å²) in [6.45, 7) is 2.04. The highest BCUT2D eigenvalue weighted by Crippen LogP contribution is 2.15. The smallest absolute Gasteiger partial charge is 0.232 e. The van der Waals surface area contributed by atoms with Crippen LogP contribution in [-0.4, -0.2) is 34.3 Å². The first-order chi connectivity index (χ1) is 12.5. The molecule has 1 amide bonds. The Morgan fingerprint density at radius 2 is 1.85 bits per heavy atom. The summed E-state index contributed by atoms with van der Waals surface area (Å²) in [6.07, 6.45) is 1.70. The lowest BCUT2D eigenvalue weighted by Gasteiger charge is -2.14. The van der Waals surface area contributed by atoms with Crippen LogP contribution in [0.5, 0.6) is 5.75 Å². The molecule has 0 aliphatic rings. The number of amides is 1. The fraction of sp³-hybridized carbons (Fsp3) is 0.350. The molecule has 2 aromatic carbocycles. The molecule has 2 atom stereocenters. The van der Waals surface area contributed by atoms with Crippen molar-refractivity contribution in [3.8, 4) is 5.75 Å². The van der Waals surface area contributed by atoms with Crippen molar-refractivity contribution in [1.82, 2.24) is 5.32 Å². The van der Waals surface area contributed by atoms with Gasteiger partial charge in [-0.1, -0.05) is 42.5 Å². The van der Waals surface area contributed by atoms with Crippen molar-refractivity contribution in [2.24, 2.45) is 0 Å². The number of halogens is 1. The van der Waals surface area contributed by atoms with E-state index in [9.17, 15) is 13.4 Å². The summed E-state index contributed by atoms with van der Waals surface area (Å²) in [5, 5.41) is 2.87. The Bertz CT molecular complexity index is 724. The number of hydrogen-bond donors (Lipinski definition) is 1. The van der Waals surface area contributed by atoms with Gasteiger partial charge in [-0.15, -0.1) is 0 Å². The lowest BCUT2D eigenvalue weighted by molar-refractivity contribution is -0.119. The zero-order valence-corrected chi connectivity index (χ0v) is 15.6. The third-order valence-electron chi connectivity index (χ3n) is 3.81. The maximum absolute atomic E-state index is 13.4. The largest absolute Gasteiger partial charge is 0.490 e. The van der Waals surface area contributed by atoms with Gasteiger partial charge >= 0.3 is 0 Å². The zero-order chi connectivity index (χ0) is 18.8. The van der Waals surface area contributed by atoms with E-state index >= 15 is 0 Å². The minimum absolute atomic E-state index is 0.00868. The highest BCUT2D eigenvalue weighted by molar-refractivity contribution is 7.85. The average molecular weight is 377 g/mol. The Balaban J connectivity index is 1.63. The van der Waals surface area contributed by atoms with Crippen molar-refractivity contribution in [1.29, 1.82) is 0 Å². The fourth-order valence-electron chi connectivity index (χ4n) is 2.44. The molecule has 0 fully saturated rings. The van der Waals surface area contributed by atoms with Gasteiger partial charge in [-0.3, -0.25) is 9.00 Å². The molecule has 0 bridgehead atoms. The van der Waals surface area contributed by atoms with Gasteiger partial charge in [0.15, 0.2) is 11.6 Å². The molecule has 2 rings (SSSR count). The third-order valence-corrected chi connectivity index (χ3v) is 5.02. The molecule has 0 radical (unpaired) electrons. The molecule has 0 aliphatic carbocycles. The molecule has 0 saturated carbocycles. The molecule has 26 heavy (non-hydrogen) atoms. The summed E-state index contributed by atoms with van der Waals surface area (Å²) in [5.74, 6) is -0.460. The van der Waals surface area contributed by atoms with Gasteiger partial charge in [-0.2, -0.15) is 0 Å². The van der Waals surface area contributed by atoms with Crippen LogP contribution in [0.1, 0.15) is 18.9 Å². The second-order valence-corrected chi connectivity index (χ2v) is 7.64. The van der Waals surface area contributed by atoms with E-state index in [1.807, 2.05) is 25.1 Å². The fourth-order valence-corrected chi connectivity index (χ4v) is 3.23. The highest BCUT2D eigenvalue weighted by Gasteiger charge is 2.12. The van der Waals surface area contributed by atoms with Crippen molar-refractivity contribution in [3.05, 3.63) is 66.0 Å². The topological polar surface area (TPSA) is 55.4 Å². The SMILES string of the molecule is C[C@@H](CCc1ccccc1)NC(=O)C[S@](=O)CCOc1ccccc1F. The van der Waals surface area contributed by atoms with E-state index in [-0.39, 0.29) is 35.8 Å². The average Bonchev–Trinajstić information content (AvgIpc) is 2.62. The summed E-state index contributed by atoms with van der Waals surface area (Å²) in [7, 11) is -1.35. The van der Waals surface area contributed by atoms with Crippen molar-refractivity contribution in [2.75, 3.05) is 18.1 Å². The van der Waals surface area contributed by atoms with Crippen LogP contribution in [0.4, 0.5) is 4.39 Å². The molecule has 0 unspecified atom stereocenters. The van der Waals surface area contributed by atoms with Crippen molar-refractivity contribution >= 4 is 16.7 Å². The molecule has 0 aromatic heterocycles. The van der Waals surface area contributed by atoms with E-state index in [0.29, 0.717) is 0 Å². The predicted molar refractivity (Wildman–Crippen MR) is 102 cm³/mol. The molecule has 2 aromatic rings. The van der Waals surface area contributed by atoms with Gasteiger partial charge in [0.1, 0.15) is 5.75 Å². The number of nitrogens with one attached hydrogen (secondary N) is 1. The number of aryl methyl sites for hydroxylation is 1. The van der Waals surface area contributed by atoms with Gasteiger partial charge in [0, 0.05) is 16.8 Å². The Morgan fingerprint density at radius 3 is 2.58 bits per heavy atom. The Labute approximate surface area is 156 Å². The van der Waals surface area contributed by atoms with Crippen LogP contribution in [0.2, 0.25) is 0 Å². The van der Waals surface area contributed by atoms with Crippen LogP contribution >= 0.6 is 0 Å². The molecular formula is C20H24FNO3S. The first-order valence-corrected chi connectivity index (χ1v) is 10.1. The standard InChI is InChI=1S/C20H24FNO3S/c1-16(11-12-17-7-3-2-4-8-17)22-20(23)15-26(24)14-13-25-19-10-6-5-9-18(19)21/h2-10,16H,11-15H2,1H3,(H,22,23)/t16-,26+/m0/s1. The second kappa shape index (κ2) is 10.7. The van der Waals surface area contributed by atoms with Gasteiger partial charge in [-0.05, 0) is 37.5 Å². The van der Waals surface area contributed by atoms with Crippen molar-refractivity contribution < 1.29 is 18.1 Å². The minimum atomic E-state index is -1.35. The molecule has 140 valence electrons. The molecule has 6 heteroatoms. The van der Waals surface area contributed by atoms with Gasteiger partial charge in [0.2, 0.25) is 5.91 Å². The molecule has 4 nitrogen and oxygen atoms in total. The van der Waals surface area contributed by atoms with Crippen LogP contribution in [0.15, 0.2) is 54.6 Å². The number of ether oxygens (including phenoxy) is 1. The van der Waals surface area contributed by atoms with Crippen molar-refractivity contribution in [3.63, 3.8) is 0 Å². The summed E-state index contributed by atoms with van der Waals surface area (Å²) < 4.78 is 30.6. The predicted octanol–water partition coefficient (Wildman–Crippen LogP) is 3.09. The maximum atomic E-state index is 13.4. The summed E-state index contributed by atoms with van der Waals surface area (Å²) >= 11 is 0. The number of para-hydroxylation sites is 1. The molecule has 0 spiro atoms. The summed E-state index contributed by atoms with van der Waals surface area (Å²) in [5.41, 5.74) is 1.22. The molecule has 0 aliphatic heterocycles. The number of carbonyl (C=O) groups is 1. The van der Waals surface area contributed by atoms with E-state index in [4.69, 9.17) is 4.74 Å². The van der Waals surface area contributed by atoms with Gasteiger partial charge in [-0.25, -0.2) is 4.39 Å². The lowest BCUT2D eigenvalue weighted by Crippen LogP contribution is -2.36. The first kappa shape index (κ1) is 20.1. The van der Waals surface area contributed by atoms with Crippen molar-refractivity contribution in [2.45, 2.75) is 25.8 Å². The number of benzene rings is 2. The molecular weight excluding hydrogens is 353 g/mol. The molecule has 0 heterocycles. The van der Waals surface area contributed by atoms with E-state index in [0.717, 1.165) is 12.8 Å². The minimum Gasteiger partial charge on any atom is -0.490 e. The lowest BCUT2D eigenvalue weighted by atomic mass is 10.1. The first-order valence-electron chi connectivity index (χ1n) is 8.60. The van der Waals surface area contributed by atoms with Gasteiger partial charge in [0.05, 0.1) is 12.4 Å². The van der Waals surface area contributed by atoms with Gasteiger partial charge < -0.3 is 10.1 Å². The molecule has 0 saturated heterocycles. The normalized spacial score (nSPS) is 13.0. The quantitative estimate of drug-likeness (QED) is 0.692. The number of carbonyl (C=O) groups excluding carboxylic acids is 1. The zero-order valence-electron chi connectivity index (χ0n) is 14.8. The highest BCUT2D eigenvalue weighted by atomic mass is 32.2. The van der Waals surface area contributed by atoms with E-state index in [2.05, 4.69) is 17.4 Å². The van der Waals surface area contributed by atoms with Crippen LogP contribution in [0.3, 0.4) is 0 Å². The van der Waals surface area contributed by atoms with E-state index < -0.39 is 16.6 Å². The number of rotatable bonds is 10. The van der Waals surface area contributed by atoms with E-state index in [1.165, 1.54) is 17.7 Å². The van der Waals surface area contributed by atoms with Crippen LogP contribution < -0.4 is 10.1 Å². The monoisotopic (exact) mass is 377 g/mol. The summed E-state index contributed by atoms with van der Waals surface area (Å²) in [6, 6.07) is 16.1.